The summed E-state index contributed by atoms with van der Waals surface area (Å²) in [5.74, 6) is 5.16. The fourth-order valence-corrected chi connectivity index (χ4v) is 4.94. The van der Waals surface area contributed by atoms with Gasteiger partial charge in [-0.1, -0.05) is 24.0 Å². The van der Waals surface area contributed by atoms with Gasteiger partial charge in [-0.15, -0.1) is 0 Å². The molecule has 2 amide bonds. The summed E-state index contributed by atoms with van der Waals surface area (Å²) in [5, 5.41) is 8.96. The third-order valence-electron chi connectivity index (χ3n) is 6.98. The number of anilines is 2. The number of ether oxygens (including phenoxy) is 1. The van der Waals surface area contributed by atoms with Gasteiger partial charge in [0.25, 0.3) is 5.91 Å². The summed E-state index contributed by atoms with van der Waals surface area (Å²) >= 11 is 0. The molecule has 0 unspecified atom stereocenters. The first-order chi connectivity index (χ1) is 20.1. The molecule has 2 aromatic heterocycles. The average molecular weight is 575 g/mol. The third-order valence-corrected chi connectivity index (χ3v) is 6.98. The van der Waals surface area contributed by atoms with Crippen LogP contribution in [0.15, 0.2) is 48.8 Å². The van der Waals surface area contributed by atoms with E-state index in [1.165, 1.54) is 19.3 Å². The molecule has 0 radical (unpaired) electrons. The Morgan fingerprint density at radius 3 is 2.88 bits per heavy atom. The number of H-pyrrole nitrogens is 1. The van der Waals surface area contributed by atoms with Crippen LogP contribution in [0, 0.1) is 17.7 Å². The Bertz CT molecular complexity index is 1600. The number of alkyl halides is 1. The predicted octanol–water partition coefficient (Wildman–Crippen LogP) is 3.71. The number of amides is 2. The smallest absolute Gasteiger partial charge is 0.255 e. The zero-order valence-electron chi connectivity index (χ0n) is 23.6. The second kappa shape index (κ2) is 12.0. The lowest BCUT2D eigenvalue weighted by atomic mass is 10.0. The zero-order chi connectivity index (χ0) is 29.9. The van der Waals surface area contributed by atoms with E-state index in [0.717, 1.165) is 5.69 Å². The molecule has 1 saturated heterocycles. The Kier molecular flexibility index (Phi) is 8.27. The maximum absolute atomic E-state index is 14.5. The molecule has 42 heavy (non-hydrogen) atoms. The highest BCUT2D eigenvalue weighted by molar-refractivity contribution is 6.06. The molecule has 11 heteroatoms. The predicted molar refractivity (Wildman–Crippen MR) is 156 cm³/mol. The van der Waals surface area contributed by atoms with Crippen molar-refractivity contribution in [1.82, 2.24) is 25.5 Å². The summed E-state index contributed by atoms with van der Waals surface area (Å²) in [5.41, 5.74) is 2.90. The number of nitrogens with one attached hydrogen (secondary N) is 4. The van der Waals surface area contributed by atoms with Crippen molar-refractivity contribution in [2.24, 2.45) is 0 Å². The van der Waals surface area contributed by atoms with Crippen LogP contribution in [-0.4, -0.2) is 71.7 Å². The average Bonchev–Trinajstić information content (AvgIpc) is 3.30. The highest BCUT2D eigenvalue weighted by atomic mass is 19.1. The van der Waals surface area contributed by atoms with Crippen LogP contribution in [0.25, 0.3) is 11.3 Å². The van der Waals surface area contributed by atoms with Crippen molar-refractivity contribution in [1.29, 1.82) is 0 Å². The van der Waals surface area contributed by atoms with E-state index in [9.17, 15) is 18.4 Å². The number of hydrogen-bond acceptors (Lipinski definition) is 6. The lowest BCUT2D eigenvalue weighted by molar-refractivity contribution is -0.117. The molecule has 2 aliphatic heterocycles. The number of hydrogen-bond donors (Lipinski definition) is 4. The second-order valence-corrected chi connectivity index (χ2v) is 10.7. The van der Waals surface area contributed by atoms with Crippen LogP contribution < -0.4 is 20.7 Å². The number of benzene rings is 1. The molecular formula is C31H32F2N6O3. The summed E-state index contributed by atoms with van der Waals surface area (Å²) in [7, 11) is 1.38. The molecule has 1 aromatic carbocycles. The number of para-hydroxylation sites is 1. The molecule has 0 spiro atoms. The molecule has 218 valence electrons. The number of halogens is 2. The number of aromatic nitrogens is 2. The van der Waals surface area contributed by atoms with Crippen LogP contribution in [0.5, 0.6) is 5.75 Å². The van der Waals surface area contributed by atoms with E-state index in [1.54, 1.807) is 50.5 Å². The highest BCUT2D eigenvalue weighted by Gasteiger charge is 2.29. The van der Waals surface area contributed by atoms with Gasteiger partial charge in [0.15, 0.2) is 11.6 Å². The first kappa shape index (κ1) is 28.8. The van der Waals surface area contributed by atoms with Crippen molar-refractivity contribution in [2.45, 2.75) is 32.0 Å². The van der Waals surface area contributed by atoms with Crippen molar-refractivity contribution in [3.05, 3.63) is 71.4 Å². The van der Waals surface area contributed by atoms with Crippen molar-refractivity contribution >= 4 is 23.2 Å². The molecule has 1 fully saturated rings. The van der Waals surface area contributed by atoms with Crippen molar-refractivity contribution in [3.8, 4) is 28.8 Å². The SMILES string of the molecule is COc1c(F)cccc1Nc1c(-c2ccncc2C#CC(C)(C)NC(=O)/C=C/CN2CC(F)C2)[nH]c2c1C(=O)NCC2. The molecule has 5 rings (SSSR count). The highest BCUT2D eigenvalue weighted by Crippen LogP contribution is 2.40. The second-order valence-electron chi connectivity index (χ2n) is 10.7. The Labute approximate surface area is 242 Å². The zero-order valence-corrected chi connectivity index (χ0v) is 23.6. The van der Waals surface area contributed by atoms with Crippen LogP contribution in [0.1, 0.15) is 35.5 Å². The maximum Gasteiger partial charge on any atom is 0.255 e. The first-order valence-corrected chi connectivity index (χ1v) is 13.6. The molecule has 3 aromatic rings. The lowest BCUT2D eigenvalue weighted by Crippen LogP contribution is -2.48. The number of carbonyl (C=O) groups is 2. The summed E-state index contributed by atoms with van der Waals surface area (Å²) in [4.78, 5) is 35.0. The van der Waals surface area contributed by atoms with Gasteiger partial charge in [-0.25, -0.2) is 8.78 Å². The Hall–Kier alpha value is -4.69. The third kappa shape index (κ3) is 6.29. The fourth-order valence-electron chi connectivity index (χ4n) is 4.94. The van der Waals surface area contributed by atoms with Gasteiger partial charge in [-0.3, -0.25) is 19.5 Å². The molecule has 2 aliphatic rings. The minimum absolute atomic E-state index is 0.0207. The summed E-state index contributed by atoms with van der Waals surface area (Å²) in [6, 6.07) is 6.29. The van der Waals surface area contributed by atoms with E-state index in [4.69, 9.17) is 4.74 Å². The number of carbonyl (C=O) groups excluding carboxylic acids is 2. The van der Waals surface area contributed by atoms with E-state index in [1.807, 2.05) is 4.90 Å². The van der Waals surface area contributed by atoms with E-state index < -0.39 is 17.5 Å². The number of likely N-dealkylation sites (tertiary alicyclic amines) is 1. The minimum Gasteiger partial charge on any atom is -0.492 e. The monoisotopic (exact) mass is 574 g/mol. The molecule has 0 saturated carbocycles. The number of methoxy groups -OCH3 is 1. The van der Waals surface area contributed by atoms with Crippen molar-refractivity contribution in [2.75, 3.05) is 38.6 Å². The van der Waals surface area contributed by atoms with Gasteiger partial charge in [-0.2, -0.15) is 0 Å². The van der Waals surface area contributed by atoms with Crippen LogP contribution in [-0.2, 0) is 11.2 Å². The first-order valence-electron chi connectivity index (χ1n) is 13.6. The molecule has 9 nitrogen and oxygen atoms in total. The standard InChI is InChI=1S/C31H32F2N6O3/c1-31(2,38-25(40)8-5-15-39-17-20(32)18-39)12-9-19-16-34-13-10-21(19)27-28(26-23(36-27)11-14-35-30(26)41)37-24-7-4-6-22(33)29(24)42-3/h4-8,10,13,16,20,36-37H,11,14-15,17-18H2,1-3H3,(H,35,41)(H,38,40)/b8-5+. The Morgan fingerprint density at radius 2 is 2.12 bits per heavy atom. The van der Waals surface area contributed by atoms with Gasteiger partial charge in [0, 0.05) is 62.3 Å². The van der Waals surface area contributed by atoms with E-state index >= 15 is 0 Å². The number of pyridine rings is 1. The molecule has 0 atom stereocenters. The fraction of sp³-hybridized carbons (Fsp3) is 0.323. The number of aromatic amines is 1. The van der Waals surface area contributed by atoms with Gasteiger partial charge in [-0.05, 0) is 32.0 Å². The van der Waals surface area contributed by atoms with Crippen molar-refractivity contribution in [3.63, 3.8) is 0 Å². The Balaban J connectivity index is 1.44. The van der Waals surface area contributed by atoms with Crippen LogP contribution >= 0.6 is 0 Å². The lowest BCUT2D eigenvalue weighted by Gasteiger charge is -2.33. The van der Waals surface area contributed by atoms with Gasteiger partial charge >= 0.3 is 0 Å². The maximum atomic E-state index is 14.5. The summed E-state index contributed by atoms with van der Waals surface area (Å²) in [6.45, 7) is 5.33. The molecule has 0 bridgehead atoms. The minimum atomic E-state index is -0.889. The molecular weight excluding hydrogens is 542 g/mol. The number of fused-ring (bicyclic) bond motifs is 1. The van der Waals surface area contributed by atoms with Crippen LogP contribution in [0.2, 0.25) is 0 Å². The van der Waals surface area contributed by atoms with Gasteiger partial charge in [0.2, 0.25) is 5.91 Å². The van der Waals surface area contributed by atoms with E-state index in [2.05, 4.69) is 37.8 Å². The molecule has 0 aliphatic carbocycles. The molecule has 4 heterocycles. The van der Waals surface area contributed by atoms with Crippen LogP contribution in [0.4, 0.5) is 20.2 Å². The summed E-state index contributed by atoms with van der Waals surface area (Å²) < 4.78 is 32.8. The van der Waals surface area contributed by atoms with Crippen molar-refractivity contribution < 1.29 is 23.1 Å². The Morgan fingerprint density at radius 1 is 1.31 bits per heavy atom. The van der Waals surface area contributed by atoms with Crippen LogP contribution in [0.3, 0.4) is 0 Å². The largest absolute Gasteiger partial charge is 0.492 e. The molecule has 4 N–H and O–H groups in total. The number of nitrogens with zero attached hydrogens (tertiary/aromatic N) is 2. The summed E-state index contributed by atoms with van der Waals surface area (Å²) in [6.07, 6.45) is 6.16. The normalized spacial score (nSPS) is 15.3. The quantitative estimate of drug-likeness (QED) is 0.241. The van der Waals surface area contributed by atoms with Gasteiger partial charge < -0.3 is 25.7 Å². The number of rotatable bonds is 8. The van der Waals surface area contributed by atoms with E-state index in [0.29, 0.717) is 66.4 Å². The van der Waals surface area contributed by atoms with E-state index in [-0.39, 0.29) is 17.6 Å². The van der Waals surface area contributed by atoms with Gasteiger partial charge in [0.1, 0.15) is 6.17 Å². The van der Waals surface area contributed by atoms with Gasteiger partial charge in [0.05, 0.1) is 40.8 Å². The topological polar surface area (TPSA) is 111 Å².